The van der Waals surface area contributed by atoms with Gasteiger partial charge in [-0.25, -0.2) is 4.39 Å². The topological polar surface area (TPSA) is 23.8 Å². The largest absolute Gasteiger partial charge is 0.206 e. The lowest BCUT2D eigenvalue weighted by molar-refractivity contribution is 0.601. The number of thiol groups is 1. The molecule has 0 aliphatic rings. The van der Waals surface area contributed by atoms with E-state index in [9.17, 15) is 4.39 Å². The molecular formula is C7H3FINS. The van der Waals surface area contributed by atoms with E-state index in [-0.39, 0.29) is 4.90 Å². The second-order valence-electron chi connectivity index (χ2n) is 1.90. The monoisotopic (exact) mass is 279 g/mol. The molecule has 0 aliphatic heterocycles. The van der Waals surface area contributed by atoms with Crippen LogP contribution in [0.2, 0.25) is 0 Å². The quantitative estimate of drug-likeness (QED) is 0.572. The molecule has 1 aromatic carbocycles. The first-order valence-corrected chi connectivity index (χ1v) is 4.26. The van der Waals surface area contributed by atoms with Crippen molar-refractivity contribution in [2.45, 2.75) is 4.90 Å². The predicted molar refractivity (Wildman–Crippen MR) is 51.1 cm³/mol. The van der Waals surface area contributed by atoms with Crippen LogP contribution in [0.5, 0.6) is 0 Å². The first-order chi connectivity index (χ1) is 5.15. The SMILES string of the molecule is N#Cc1cc(S)c(F)cc1I. The van der Waals surface area contributed by atoms with E-state index in [0.717, 1.165) is 0 Å². The van der Waals surface area contributed by atoms with Gasteiger partial charge in [0.2, 0.25) is 0 Å². The minimum absolute atomic E-state index is 0.210. The van der Waals surface area contributed by atoms with Crippen LogP contribution in [-0.4, -0.2) is 0 Å². The van der Waals surface area contributed by atoms with Gasteiger partial charge in [0.1, 0.15) is 11.9 Å². The molecule has 1 aromatic rings. The lowest BCUT2D eigenvalue weighted by Gasteiger charge is -1.97. The summed E-state index contributed by atoms with van der Waals surface area (Å²) in [4.78, 5) is 0.210. The molecule has 0 spiro atoms. The molecule has 1 rings (SSSR count). The maximum absolute atomic E-state index is 12.7. The Labute approximate surface area is 82.8 Å². The molecule has 0 bridgehead atoms. The maximum Gasteiger partial charge on any atom is 0.137 e. The smallest absolute Gasteiger partial charge is 0.137 e. The van der Waals surface area contributed by atoms with Crippen molar-refractivity contribution in [2.24, 2.45) is 0 Å². The molecule has 0 heterocycles. The molecule has 0 atom stereocenters. The van der Waals surface area contributed by atoms with Gasteiger partial charge < -0.3 is 0 Å². The van der Waals surface area contributed by atoms with Crippen molar-refractivity contribution < 1.29 is 4.39 Å². The van der Waals surface area contributed by atoms with Gasteiger partial charge in [-0.2, -0.15) is 5.26 Å². The van der Waals surface area contributed by atoms with Gasteiger partial charge in [0.05, 0.1) is 5.56 Å². The first-order valence-electron chi connectivity index (χ1n) is 2.73. The Morgan fingerprint density at radius 2 is 2.18 bits per heavy atom. The van der Waals surface area contributed by atoms with Crippen molar-refractivity contribution in [1.29, 1.82) is 5.26 Å². The molecule has 0 aliphatic carbocycles. The number of nitrogens with zero attached hydrogens (tertiary/aromatic N) is 1. The molecule has 0 radical (unpaired) electrons. The Morgan fingerprint density at radius 1 is 1.55 bits per heavy atom. The van der Waals surface area contributed by atoms with Gasteiger partial charge in [0.15, 0.2) is 0 Å². The molecule has 0 unspecified atom stereocenters. The van der Waals surface area contributed by atoms with Crippen LogP contribution in [0, 0.1) is 20.7 Å². The summed E-state index contributed by atoms with van der Waals surface area (Å²) in [6, 6.07) is 4.65. The zero-order chi connectivity index (χ0) is 8.43. The average Bonchev–Trinajstić information content (AvgIpc) is 1.97. The van der Waals surface area contributed by atoms with E-state index in [1.807, 2.05) is 28.7 Å². The van der Waals surface area contributed by atoms with Gasteiger partial charge in [0.25, 0.3) is 0 Å². The third kappa shape index (κ3) is 1.84. The zero-order valence-corrected chi connectivity index (χ0v) is 8.36. The molecular weight excluding hydrogens is 276 g/mol. The van der Waals surface area contributed by atoms with Gasteiger partial charge in [-0.15, -0.1) is 12.6 Å². The van der Waals surface area contributed by atoms with Crippen LogP contribution in [0.25, 0.3) is 0 Å². The van der Waals surface area contributed by atoms with Crippen LogP contribution in [0.1, 0.15) is 5.56 Å². The van der Waals surface area contributed by atoms with E-state index >= 15 is 0 Å². The zero-order valence-electron chi connectivity index (χ0n) is 5.31. The maximum atomic E-state index is 12.7. The lowest BCUT2D eigenvalue weighted by Crippen LogP contribution is -1.85. The third-order valence-electron chi connectivity index (χ3n) is 1.16. The van der Waals surface area contributed by atoms with E-state index < -0.39 is 5.82 Å². The van der Waals surface area contributed by atoms with E-state index in [1.54, 1.807) is 0 Å². The minimum Gasteiger partial charge on any atom is -0.206 e. The Kier molecular flexibility index (Phi) is 2.73. The number of hydrogen-bond acceptors (Lipinski definition) is 2. The molecule has 1 nitrogen and oxygen atoms in total. The summed E-state index contributed by atoms with van der Waals surface area (Å²) in [6.45, 7) is 0. The van der Waals surface area contributed by atoms with Crippen LogP contribution in [-0.2, 0) is 0 Å². The average molecular weight is 279 g/mol. The Balaban J connectivity index is 3.35. The number of benzene rings is 1. The molecule has 0 fully saturated rings. The second kappa shape index (κ2) is 3.41. The predicted octanol–water partition coefficient (Wildman–Crippen LogP) is 2.59. The highest BCUT2D eigenvalue weighted by Gasteiger charge is 2.03. The molecule has 0 saturated heterocycles. The van der Waals surface area contributed by atoms with Crippen molar-refractivity contribution in [2.75, 3.05) is 0 Å². The highest BCUT2D eigenvalue weighted by atomic mass is 127. The van der Waals surface area contributed by atoms with Crippen LogP contribution < -0.4 is 0 Å². The highest BCUT2D eigenvalue weighted by Crippen LogP contribution is 2.19. The lowest BCUT2D eigenvalue weighted by atomic mass is 10.2. The van der Waals surface area contributed by atoms with Crippen LogP contribution >= 0.6 is 35.2 Å². The summed E-state index contributed by atoms with van der Waals surface area (Å²) in [7, 11) is 0. The highest BCUT2D eigenvalue weighted by molar-refractivity contribution is 14.1. The number of nitriles is 1. The number of rotatable bonds is 0. The van der Waals surface area contributed by atoms with E-state index in [1.165, 1.54) is 12.1 Å². The molecule has 0 saturated carbocycles. The summed E-state index contributed by atoms with van der Waals surface area (Å²) in [5.74, 6) is -0.392. The fourth-order valence-electron chi connectivity index (χ4n) is 0.623. The molecule has 56 valence electrons. The van der Waals surface area contributed by atoms with E-state index in [2.05, 4.69) is 12.6 Å². The van der Waals surface area contributed by atoms with Gasteiger partial charge in [-0.1, -0.05) is 0 Å². The van der Waals surface area contributed by atoms with Crippen molar-refractivity contribution in [3.63, 3.8) is 0 Å². The summed E-state index contributed by atoms with van der Waals surface area (Å²) >= 11 is 5.75. The molecule has 11 heavy (non-hydrogen) atoms. The van der Waals surface area contributed by atoms with Crippen molar-refractivity contribution in [3.05, 3.63) is 27.1 Å². The van der Waals surface area contributed by atoms with E-state index in [4.69, 9.17) is 5.26 Å². The minimum atomic E-state index is -0.392. The summed E-state index contributed by atoms with van der Waals surface area (Å²) < 4.78 is 13.3. The van der Waals surface area contributed by atoms with E-state index in [0.29, 0.717) is 9.13 Å². The third-order valence-corrected chi connectivity index (χ3v) is 2.39. The number of halogens is 2. The molecule has 0 amide bonds. The summed E-state index contributed by atoms with van der Waals surface area (Å²) in [6.07, 6.45) is 0. The van der Waals surface area contributed by atoms with Gasteiger partial charge in [0, 0.05) is 8.47 Å². The summed E-state index contributed by atoms with van der Waals surface area (Å²) in [5.41, 5.74) is 0.456. The van der Waals surface area contributed by atoms with Crippen molar-refractivity contribution in [3.8, 4) is 6.07 Å². The number of hydrogen-bond donors (Lipinski definition) is 1. The molecule has 4 heteroatoms. The van der Waals surface area contributed by atoms with Crippen molar-refractivity contribution in [1.82, 2.24) is 0 Å². The van der Waals surface area contributed by atoms with Crippen molar-refractivity contribution >= 4 is 35.2 Å². The standard InChI is InChI=1S/C7H3FINS/c8-5-2-6(9)4(3-10)1-7(5)11/h1-2,11H. The normalized spacial score (nSPS) is 9.27. The fourth-order valence-corrected chi connectivity index (χ4v) is 1.37. The second-order valence-corrected chi connectivity index (χ2v) is 3.54. The Bertz CT molecular complexity index is 332. The Hall–Kier alpha value is -0.280. The van der Waals surface area contributed by atoms with Gasteiger partial charge in [-0.05, 0) is 34.7 Å². The Morgan fingerprint density at radius 3 is 2.73 bits per heavy atom. The van der Waals surface area contributed by atoms with Crippen LogP contribution in [0.15, 0.2) is 17.0 Å². The molecule has 0 aromatic heterocycles. The molecule has 0 N–H and O–H groups in total. The fraction of sp³-hybridized carbons (Fsp3) is 0. The summed E-state index contributed by atoms with van der Waals surface area (Å²) in [5, 5.41) is 8.52. The van der Waals surface area contributed by atoms with Crippen LogP contribution in [0.3, 0.4) is 0 Å². The van der Waals surface area contributed by atoms with Gasteiger partial charge >= 0.3 is 0 Å². The van der Waals surface area contributed by atoms with Crippen LogP contribution in [0.4, 0.5) is 4.39 Å². The van der Waals surface area contributed by atoms with Gasteiger partial charge in [-0.3, -0.25) is 0 Å². The first kappa shape index (κ1) is 8.81.